The van der Waals surface area contributed by atoms with Gasteiger partial charge < -0.3 is 19.3 Å². The molecule has 0 spiro atoms. The summed E-state index contributed by atoms with van der Waals surface area (Å²) < 4.78 is 16.6. The zero-order valence-electron chi connectivity index (χ0n) is 34.2. The molecule has 3 aliphatic carbocycles. The zero-order valence-corrected chi connectivity index (χ0v) is 34.2. The molecule has 3 fully saturated rings. The molecular weight excluding hydrogens is 693 g/mol. The van der Waals surface area contributed by atoms with E-state index in [0.29, 0.717) is 37.4 Å². The topological polar surface area (TPSA) is 116 Å². The van der Waals surface area contributed by atoms with Gasteiger partial charge in [-0.2, -0.15) is 0 Å². The van der Waals surface area contributed by atoms with Gasteiger partial charge >= 0.3 is 23.9 Å². The van der Waals surface area contributed by atoms with Crippen molar-refractivity contribution in [3.63, 3.8) is 0 Å². The van der Waals surface area contributed by atoms with Gasteiger partial charge in [0.25, 0.3) is 0 Å². The number of carbonyl (C=O) groups excluding carboxylic acids is 3. The molecule has 55 heavy (non-hydrogen) atoms. The summed E-state index contributed by atoms with van der Waals surface area (Å²) in [6.07, 6.45) is 23.4. The average Bonchev–Trinajstić information content (AvgIpc) is 3.19. The Morgan fingerprint density at radius 3 is 2.09 bits per heavy atom. The van der Waals surface area contributed by atoms with Crippen LogP contribution in [0.15, 0.2) is 36.9 Å². The van der Waals surface area contributed by atoms with Crippen LogP contribution in [0.4, 0.5) is 0 Å². The zero-order chi connectivity index (χ0) is 39.4. The van der Waals surface area contributed by atoms with Crippen molar-refractivity contribution >= 4 is 23.9 Å². The lowest BCUT2D eigenvalue weighted by Gasteiger charge is -2.38. The van der Waals surface area contributed by atoms with Crippen LogP contribution in [0.1, 0.15) is 184 Å². The fourth-order valence-electron chi connectivity index (χ4n) is 9.72. The van der Waals surface area contributed by atoms with E-state index in [2.05, 4.69) is 44.7 Å². The second-order valence-electron chi connectivity index (χ2n) is 17.0. The Morgan fingerprint density at radius 2 is 1.45 bits per heavy atom. The molecule has 0 radical (unpaired) electrons. The highest BCUT2D eigenvalue weighted by atomic mass is 16.5. The predicted octanol–water partition coefficient (Wildman–Crippen LogP) is 11.3. The van der Waals surface area contributed by atoms with E-state index in [0.717, 1.165) is 108 Å². The highest BCUT2D eigenvalue weighted by Gasteiger charge is 2.39. The molecule has 4 unspecified atom stereocenters. The normalized spacial score (nSPS) is 26.0. The highest BCUT2D eigenvalue weighted by molar-refractivity contribution is 5.81. The van der Waals surface area contributed by atoms with Crippen molar-refractivity contribution in [2.24, 2.45) is 29.6 Å². The summed E-state index contributed by atoms with van der Waals surface area (Å²) >= 11 is 0. The molecule has 8 nitrogen and oxygen atoms in total. The van der Waals surface area contributed by atoms with E-state index in [4.69, 9.17) is 14.2 Å². The SMILES string of the molecule is C=CC(=O)OCCCCCCOC(=O)CC1CC(C(CCCC)c2ccc(C3CCC(OC(=O)C4CCC(CCCCC)CC4)CC3)cc2)CCC1C(=O)O. The number of aliphatic carboxylic acids is 1. The molecule has 0 amide bonds. The first-order valence-corrected chi connectivity index (χ1v) is 22.2. The minimum absolute atomic E-state index is 0.0434. The molecule has 0 bridgehead atoms. The number of esters is 3. The summed E-state index contributed by atoms with van der Waals surface area (Å²) in [5, 5.41) is 10.1. The monoisotopic (exact) mass is 765 g/mol. The molecule has 0 aromatic heterocycles. The van der Waals surface area contributed by atoms with Crippen LogP contribution < -0.4 is 0 Å². The summed E-state index contributed by atoms with van der Waals surface area (Å²) in [6.45, 7) is 8.53. The maximum Gasteiger partial charge on any atom is 0.330 e. The molecule has 3 aliphatic rings. The molecule has 3 saturated carbocycles. The summed E-state index contributed by atoms with van der Waals surface area (Å²) in [6, 6.07) is 9.21. The largest absolute Gasteiger partial charge is 0.481 e. The summed E-state index contributed by atoms with van der Waals surface area (Å²) in [5.74, 6) is -0.251. The van der Waals surface area contributed by atoms with Gasteiger partial charge in [0, 0.05) is 12.5 Å². The molecule has 8 heteroatoms. The van der Waals surface area contributed by atoms with Crippen molar-refractivity contribution < 1.29 is 38.5 Å². The average molecular weight is 765 g/mol. The molecule has 1 aromatic carbocycles. The van der Waals surface area contributed by atoms with E-state index < -0.39 is 17.9 Å². The van der Waals surface area contributed by atoms with E-state index in [9.17, 15) is 24.3 Å². The molecule has 4 atom stereocenters. The third kappa shape index (κ3) is 15.0. The van der Waals surface area contributed by atoms with Crippen LogP contribution in [0, 0.1) is 29.6 Å². The second-order valence-corrected chi connectivity index (χ2v) is 17.0. The van der Waals surface area contributed by atoms with Crippen LogP contribution in [0.3, 0.4) is 0 Å². The third-order valence-electron chi connectivity index (χ3n) is 13.1. The van der Waals surface area contributed by atoms with Crippen molar-refractivity contribution in [2.75, 3.05) is 13.2 Å². The number of hydrogen-bond donors (Lipinski definition) is 1. The standard InChI is InChI=1S/C47H72O8/c1-4-7-11-14-34-16-18-38(19-17-34)47(52)55-41-27-24-36(25-28-41)35-20-22-37(23-21-35)42(15-8-5-2)39-26-29-43(46(50)51)40(32-39)33-45(49)54-31-13-10-9-12-30-53-44(48)6-3/h6,20-23,34,36,38-43H,3-5,7-19,24-33H2,1-2H3,(H,50,51). The smallest absolute Gasteiger partial charge is 0.330 e. The maximum atomic E-state index is 13.0. The number of rotatable bonds is 23. The van der Waals surface area contributed by atoms with Crippen molar-refractivity contribution in [1.82, 2.24) is 0 Å². The molecule has 0 aliphatic heterocycles. The van der Waals surface area contributed by atoms with Gasteiger partial charge in [-0.05, 0) is 143 Å². The minimum Gasteiger partial charge on any atom is -0.481 e. The van der Waals surface area contributed by atoms with E-state index >= 15 is 0 Å². The molecule has 1 aromatic rings. The maximum absolute atomic E-state index is 13.0. The first-order valence-electron chi connectivity index (χ1n) is 22.2. The van der Waals surface area contributed by atoms with Crippen LogP contribution in [0.2, 0.25) is 0 Å². The number of ether oxygens (including phenoxy) is 3. The lowest BCUT2D eigenvalue weighted by molar-refractivity contribution is -0.157. The van der Waals surface area contributed by atoms with Gasteiger partial charge in [0.05, 0.1) is 25.0 Å². The number of carboxylic acids is 1. The fraction of sp³-hybridized carbons (Fsp3) is 0.745. The predicted molar refractivity (Wildman–Crippen MR) is 217 cm³/mol. The van der Waals surface area contributed by atoms with E-state index in [1.807, 2.05) is 0 Å². The van der Waals surface area contributed by atoms with Gasteiger partial charge in [-0.3, -0.25) is 14.4 Å². The Labute approximate surface area is 331 Å². The van der Waals surface area contributed by atoms with Gasteiger partial charge in [0.2, 0.25) is 0 Å². The Kier molecular flexibility index (Phi) is 19.8. The van der Waals surface area contributed by atoms with E-state index in [1.165, 1.54) is 49.7 Å². The molecule has 1 N–H and O–H groups in total. The second kappa shape index (κ2) is 24.5. The van der Waals surface area contributed by atoms with Gasteiger partial charge in [-0.15, -0.1) is 0 Å². The quantitative estimate of drug-likeness (QED) is 0.0507. The summed E-state index contributed by atoms with van der Waals surface area (Å²) in [5.41, 5.74) is 2.68. The Hall–Kier alpha value is -3.16. The molecule has 4 rings (SSSR count). The first kappa shape index (κ1) is 44.6. The van der Waals surface area contributed by atoms with Gasteiger partial charge in [0.15, 0.2) is 0 Å². The van der Waals surface area contributed by atoms with Crippen LogP contribution in [-0.2, 0) is 33.4 Å². The van der Waals surface area contributed by atoms with E-state index in [-0.39, 0.29) is 36.3 Å². The third-order valence-corrected chi connectivity index (χ3v) is 13.1. The van der Waals surface area contributed by atoms with Crippen molar-refractivity contribution in [3.8, 4) is 0 Å². The van der Waals surface area contributed by atoms with Crippen molar-refractivity contribution in [1.29, 1.82) is 0 Å². The number of hydrogen-bond acceptors (Lipinski definition) is 7. The molecule has 0 heterocycles. The van der Waals surface area contributed by atoms with Gasteiger partial charge in [0.1, 0.15) is 6.10 Å². The Balaban J connectivity index is 1.24. The first-order chi connectivity index (χ1) is 26.7. The lowest BCUT2D eigenvalue weighted by atomic mass is 9.66. The van der Waals surface area contributed by atoms with Gasteiger partial charge in [-0.1, -0.05) is 83.2 Å². The Morgan fingerprint density at radius 1 is 0.782 bits per heavy atom. The summed E-state index contributed by atoms with van der Waals surface area (Å²) in [4.78, 5) is 49.4. The molecular formula is C47H72O8. The number of unbranched alkanes of at least 4 members (excludes halogenated alkanes) is 6. The van der Waals surface area contributed by atoms with Crippen molar-refractivity contribution in [2.45, 2.75) is 179 Å². The van der Waals surface area contributed by atoms with Crippen LogP contribution in [0.25, 0.3) is 0 Å². The van der Waals surface area contributed by atoms with Crippen LogP contribution >= 0.6 is 0 Å². The van der Waals surface area contributed by atoms with Crippen LogP contribution in [-0.4, -0.2) is 48.3 Å². The number of carbonyl (C=O) groups is 4. The number of benzene rings is 1. The lowest BCUT2D eigenvalue weighted by Crippen LogP contribution is -2.34. The summed E-state index contributed by atoms with van der Waals surface area (Å²) in [7, 11) is 0. The molecule has 0 saturated heterocycles. The minimum atomic E-state index is -0.812. The van der Waals surface area contributed by atoms with E-state index in [1.54, 1.807) is 0 Å². The van der Waals surface area contributed by atoms with Gasteiger partial charge in [-0.25, -0.2) is 4.79 Å². The Bertz CT molecular complexity index is 1310. The highest BCUT2D eigenvalue weighted by Crippen LogP contribution is 2.45. The fourth-order valence-corrected chi connectivity index (χ4v) is 9.72. The van der Waals surface area contributed by atoms with Crippen molar-refractivity contribution in [3.05, 3.63) is 48.0 Å². The molecule has 308 valence electrons. The van der Waals surface area contributed by atoms with Crippen LogP contribution in [0.5, 0.6) is 0 Å². The number of carboxylic acid groups (broad SMARTS) is 1.